The molecule has 120 valence electrons. The molecule has 0 aromatic heterocycles. The summed E-state index contributed by atoms with van der Waals surface area (Å²) in [7, 11) is 0. The molecule has 0 saturated carbocycles. The van der Waals surface area contributed by atoms with Gasteiger partial charge in [0.15, 0.2) is 0 Å². The van der Waals surface area contributed by atoms with Crippen molar-refractivity contribution in [1.82, 2.24) is 0 Å². The highest BCUT2D eigenvalue weighted by Crippen LogP contribution is 2.24. The van der Waals surface area contributed by atoms with E-state index in [1.807, 2.05) is 54.6 Å². The first-order valence-electron chi connectivity index (χ1n) is 8.45. The first-order valence-corrected chi connectivity index (χ1v) is 8.45. The van der Waals surface area contributed by atoms with Crippen LogP contribution in [0.3, 0.4) is 0 Å². The number of benzene rings is 3. The fourth-order valence-corrected chi connectivity index (χ4v) is 3.38. The molecule has 1 saturated heterocycles. The molecule has 3 aromatic rings. The Balaban J connectivity index is 1.60. The Morgan fingerprint density at radius 3 is 2.50 bits per heavy atom. The molecule has 1 aliphatic rings. The minimum absolute atomic E-state index is 0.0645. The summed E-state index contributed by atoms with van der Waals surface area (Å²) in [5.41, 5.74) is 2.74. The van der Waals surface area contributed by atoms with Crippen LogP contribution in [0.15, 0.2) is 66.7 Å². The third kappa shape index (κ3) is 2.85. The van der Waals surface area contributed by atoms with Crippen LogP contribution in [0.2, 0.25) is 0 Å². The second kappa shape index (κ2) is 6.36. The van der Waals surface area contributed by atoms with Gasteiger partial charge in [-0.25, -0.2) is 0 Å². The molecule has 1 aliphatic heterocycles. The Morgan fingerprint density at radius 2 is 1.62 bits per heavy atom. The maximum absolute atomic E-state index is 12.7. The number of hydrogen-bond donors (Lipinski definition) is 1. The summed E-state index contributed by atoms with van der Waals surface area (Å²) in [6.07, 6.45) is 2.49. The predicted molar refractivity (Wildman–Crippen MR) is 99.8 cm³/mol. The van der Waals surface area contributed by atoms with Gasteiger partial charge < -0.3 is 10.2 Å². The van der Waals surface area contributed by atoms with E-state index in [9.17, 15) is 4.79 Å². The van der Waals surface area contributed by atoms with Crippen molar-refractivity contribution in [2.75, 3.05) is 23.3 Å². The molecule has 24 heavy (non-hydrogen) atoms. The van der Waals surface area contributed by atoms with E-state index in [1.165, 1.54) is 18.5 Å². The molecule has 0 bridgehead atoms. The van der Waals surface area contributed by atoms with Gasteiger partial charge in [0.1, 0.15) is 0 Å². The molecule has 0 radical (unpaired) electrons. The van der Waals surface area contributed by atoms with Crippen LogP contribution >= 0.6 is 0 Å². The van der Waals surface area contributed by atoms with Crippen LogP contribution in [0.4, 0.5) is 11.4 Å². The van der Waals surface area contributed by atoms with E-state index in [-0.39, 0.29) is 5.91 Å². The summed E-state index contributed by atoms with van der Waals surface area (Å²) in [6, 6.07) is 21.9. The van der Waals surface area contributed by atoms with E-state index in [0.717, 1.165) is 29.5 Å². The van der Waals surface area contributed by atoms with Crippen molar-refractivity contribution in [3.63, 3.8) is 0 Å². The van der Waals surface area contributed by atoms with Gasteiger partial charge in [-0.15, -0.1) is 0 Å². The van der Waals surface area contributed by atoms with Crippen molar-refractivity contribution in [2.24, 2.45) is 0 Å². The van der Waals surface area contributed by atoms with Crippen molar-refractivity contribution < 1.29 is 4.79 Å². The lowest BCUT2D eigenvalue weighted by Crippen LogP contribution is -2.18. The van der Waals surface area contributed by atoms with Crippen molar-refractivity contribution in [3.05, 3.63) is 72.3 Å². The zero-order valence-electron chi connectivity index (χ0n) is 13.5. The molecule has 1 N–H and O–H groups in total. The van der Waals surface area contributed by atoms with Crippen LogP contribution in [0.25, 0.3) is 10.8 Å². The van der Waals surface area contributed by atoms with E-state index in [0.29, 0.717) is 5.56 Å². The fourth-order valence-electron chi connectivity index (χ4n) is 3.38. The molecule has 0 aliphatic carbocycles. The summed E-state index contributed by atoms with van der Waals surface area (Å²) >= 11 is 0. The lowest BCUT2D eigenvalue weighted by Gasteiger charge is -2.18. The Labute approximate surface area is 141 Å². The van der Waals surface area contributed by atoms with Gasteiger partial charge in [-0.1, -0.05) is 42.5 Å². The van der Waals surface area contributed by atoms with Crippen LogP contribution in [0, 0.1) is 0 Å². The fraction of sp³-hybridized carbons (Fsp3) is 0.190. The van der Waals surface area contributed by atoms with E-state index in [1.54, 1.807) is 0 Å². The minimum Gasteiger partial charge on any atom is -0.371 e. The van der Waals surface area contributed by atoms with Gasteiger partial charge in [0, 0.05) is 30.0 Å². The topological polar surface area (TPSA) is 32.3 Å². The van der Waals surface area contributed by atoms with Crippen LogP contribution in [0.1, 0.15) is 23.2 Å². The van der Waals surface area contributed by atoms with Gasteiger partial charge in [0.25, 0.3) is 5.91 Å². The van der Waals surface area contributed by atoms with E-state index in [2.05, 4.69) is 22.3 Å². The number of nitrogens with one attached hydrogen (secondary N) is 1. The lowest BCUT2D eigenvalue weighted by molar-refractivity contribution is 0.102. The quantitative estimate of drug-likeness (QED) is 0.760. The van der Waals surface area contributed by atoms with Gasteiger partial charge in [0.05, 0.1) is 0 Å². The number of anilines is 2. The smallest absolute Gasteiger partial charge is 0.256 e. The zero-order chi connectivity index (χ0) is 16.4. The molecule has 0 unspecified atom stereocenters. The van der Waals surface area contributed by atoms with Crippen molar-refractivity contribution >= 4 is 28.1 Å². The van der Waals surface area contributed by atoms with E-state index >= 15 is 0 Å². The number of fused-ring (bicyclic) bond motifs is 1. The maximum atomic E-state index is 12.7. The van der Waals surface area contributed by atoms with Crippen LogP contribution in [-0.4, -0.2) is 19.0 Å². The average Bonchev–Trinajstić information content (AvgIpc) is 3.16. The Morgan fingerprint density at radius 1 is 0.875 bits per heavy atom. The summed E-state index contributed by atoms with van der Waals surface area (Å²) < 4.78 is 0. The number of hydrogen-bond acceptors (Lipinski definition) is 2. The van der Waals surface area contributed by atoms with Crippen LogP contribution in [-0.2, 0) is 0 Å². The summed E-state index contributed by atoms with van der Waals surface area (Å²) in [5.74, 6) is -0.0645. The average molecular weight is 316 g/mol. The highest BCUT2D eigenvalue weighted by Gasteiger charge is 2.14. The predicted octanol–water partition coefficient (Wildman–Crippen LogP) is 4.69. The first-order chi connectivity index (χ1) is 11.8. The van der Waals surface area contributed by atoms with E-state index < -0.39 is 0 Å². The Kier molecular flexibility index (Phi) is 3.91. The number of carbonyl (C=O) groups excluding carboxylic acids is 1. The summed E-state index contributed by atoms with van der Waals surface area (Å²) in [6.45, 7) is 2.20. The third-order valence-electron chi connectivity index (χ3n) is 4.61. The molecular weight excluding hydrogens is 296 g/mol. The number of amides is 1. The number of nitrogens with zero attached hydrogens (tertiary/aromatic N) is 1. The van der Waals surface area contributed by atoms with Gasteiger partial charge in [-0.3, -0.25) is 4.79 Å². The normalized spacial score (nSPS) is 14.1. The van der Waals surface area contributed by atoms with Crippen LogP contribution in [0.5, 0.6) is 0 Å². The second-order valence-electron chi connectivity index (χ2n) is 6.23. The molecule has 1 amide bonds. The molecule has 3 aromatic carbocycles. The Bertz CT molecular complexity index is 876. The standard InChI is InChI=1S/C21H20N2O/c24-21(20-12-5-8-16-7-1-2-11-19(16)20)22-17-9-6-10-18(15-17)23-13-3-4-14-23/h1-2,5-12,15H,3-4,13-14H2,(H,22,24). The number of carbonyl (C=O) groups is 1. The van der Waals surface area contributed by atoms with Crippen molar-refractivity contribution in [1.29, 1.82) is 0 Å². The molecule has 3 nitrogen and oxygen atoms in total. The lowest BCUT2D eigenvalue weighted by atomic mass is 10.0. The summed E-state index contributed by atoms with van der Waals surface area (Å²) in [4.78, 5) is 15.1. The molecule has 4 rings (SSSR count). The largest absolute Gasteiger partial charge is 0.371 e. The molecule has 1 heterocycles. The maximum Gasteiger partial charge on any atom is 0.256 e. The van der Waals surface area contributed by atoms with Crippen molar-refractivity contribution in [3.8, 4) is 0 Å². The first kappa shape index (κ1) is 14.8. The van der Waals surface area contributed by atoms with Gasteiger partial charge in [0.2, 0.25) is 0 Å². The highest BCUT2D eigenvalue weighted by molar-refractivity contribution is 6.13. The number of rotatable bonds is 3. The monoisotopic (exact) mass is 316 g/mol. The van der Waals surface area contributed by atoms with Gasteiger partial charge >= 0.3 is 0 Å². The molecular formula is C21H20N2O. The SMILES string of the molecule is O=C(Nc1cccc(N2CCCC2)c1)c1cccc2ccccc12. The Hall–Kier alpha value is -2.81. The van der Waals surface area contributed by atoms with Gasteiger partial charge in [-0.2, -0.15) is 0 Å². The minimum atomic E-state index is -0.0645. The van der Waals surface area contributed by atoms with Crippen molar-refractivity contribution in [2.45, 2.75) is 12.8 Å². The zero-order valence-corrected chi connectivity index (χ0v) is 13.5. The van der Waals surface area contributed by atoms with Crippen LogP contribution < -0.4 is 10.2 Å². The second-order valence-corrected chi connectivity index (χ2v) is 6.23. The summed E-state index contributed by atoms with van der Waals surface area (Å²) in [5, 5.41) is 5.11. The molecule has 3 heteroatoms. The third-order valence-corrected chi connectivity index (χ3v) is 4.61. The van der Waals surface area contributed by atoms with Gasteiger partial charge in [-0.05, 0) is 47.9 Å². The molecule has 0 spiro atoms. The van der Waals surface area contributed by atoms with E-state index in [4.69, 9.17) is 0 Å². The molecule has 0 atom stereocenters. The highest BCUT2D eigenvalue weighted by atomic mass is 16.1. The molecule has 1 fully saturated rings.